The first kappa shape index (κ1) is 19.0. The Balaban J connectivity index is 1.59. The van der Waals surface area contributed by atoms with Gasteiger partial charge < -0.3 is 9.72 Å². The number of nitrogens with one attached hydrogen (secondary N) is 1. The molecule has 0 aliphatic carbocycles. The number of morpholine rings is 1. The topological polar surface area (TPSA) is 41.2 Å². The SMILES string of the molecule is Fc1ccc(-c2cnc(-c3ccc(Cl)c(SN4CCOCC4)c3)[nH]2)cc1Br. The fourth-order valence-electron chi connectivity index (χ4n) is 2.78. The molecule has 0 amide bonds. The van der Waals surface area contributed by atoms with E-state index in [9.17, 15) is 4.39 Å². The Kier molecular flexibility index (Phi) is 5.85. The third-order valence-electron chi connectivity index (χ3n) is 4.21. The Hall–Kier alpha value is -1.38. The van der Waals surface area contributed by atoms with Gasteiger partial charge in [0, 0.05) is 29.1 Å². The highest BCUT2D eigenvalue weighted by atomic mass is 79.9. The molecule has 1 fully saturated rings. The monoisotopic (exact) mass is 467 g/mol. The molecule has 8 heteroatoms. The number of H-pyrrole nitrogens is 1. The number of hydrogen-bond donors (Lipinski definition) is 1. The van der Waals surface area contributed by atoms with Crippen molar-refractivity contribution in [1.29, 1.82) is 0 Å². The summed E-state index contributed by atoms with van der Waals surface area (Å²) in [7, 11) is 0. The van der Waals surface area contributed by atoms with Crippen LogP contribution in [-0.2, 0) is 4.74 Å². The van der Waals surface area contributed by atoms with Gasteiger partial charge in [0.1, 0.15) is 11.6 Å². The third-order valence-corrected chi connectivity index (χ3v) is 6.42. The van der Waals surface area contributed by atoms with E-state index >= 15 is 0 Å². The molecule has 0 spiro atoms. The number of hydrogen-bond acceptors (Lipinski definition) is 4. The quantitative estimate of drug-likeness (QED) is 0.503. The van der Waals surface area contributed by atoms with E-state index in [2.05, 4.69) is 30.2 Å². The van der Waals surface area contributed by atoms with Gasteiger partial charge in [-0.2, -0.15) is 0 Å². The first-order chi connectivity index (χ1) is 13.1. The van der Waals surface area contributed by atoms with Crippen LogP contribution in [0.4, 0.5) is 4.39 Å². The summed E-state index contributed by atoms with van der Waals surface area (Å²) in [5.41, 5.74) is 2.63. The van der Waals surface area contributed by atoms with Crippen molar-refractivity contribution in [2.75, 3.05) is 26.3 Å². The van der Waals surface area contributed by atoms with Crippen LogP contribution in [0.5, 0.6) is 0 Å². The predicted octanol–water partition coefficient (Wildman–Crippen LogP) is 5.64. The zero-order valence-electron chi connectivity index (χ0n) is 14.2. The molecule has 140 valence electrons. The van der Waals surface area contributed by atoms with Gasteiger partial charge in [-0.1, -0.05) is 11.6 Å². The molecule has 1 aliphatic heterocycles. The van der Waals surface area contributed by atoms with Crippen LogP contribution < -0.4 is 0 Å². The van der Waals surface area contributed by atoms with Crippen LogP contribution >= 0.6 is 39.5 Å². The van der Waals surface area contributed by atoms with Gasteiger partial charge >= 0.3 is 0 Å². The summed E-state index contributed by atoms with van der Waals surface area (Å²) in [5.74, 6) is 0.451. The molecule has 0 atom stereocenters. The second-order valence-corrected chi connectivity index (χ2v) is 8.45. The summed E-state index contributed by atoms with van der Waals surface area (Å²) < 4.78 is 21.5. The number of aromatic amines is 1. The average Bonchev–Trinajstić information content (AvgIpc) is 3.17. The first-order valence-electron chi connectivity index (χ1n) is 8.41. The fourth-order valence-corrected chi connectivity index (χ4v) is 4.32. The largest absolute Gasteiger partial charge is 0.379 e. The lowest BCUT2D eigenvalue weighted by Crippen LogP contribution is -2.30. The van der Waals surface area contributed by atoms with Crippen molar-refractivity contribution in [2.45, 2.75) is 4.90 Å². The second kappa shape index (κ2) is 8.32. The normalized spacial score (nSPS) is 15.2. The van der Waals surface area contributed by atoms with E-state index in [1.807, 2.05) is 18.2 Å². The van der Waals surface area contributed by atoms with E-state index in [4.69, 9.17) is 16.3 Å². The fraction of sp³-hybridized carbons (Fsp3) is 0.211. The van der Waals surface area contributed by atoms with Crippen molar-refractivity contribution in [3.05, 3.63) is 57.9 Å². The van der Waals surface area contributed by atoms with Crippen LogP contribution in [0.2, 0.25) is 5.02 Å². The molecule has 2 heterocycles. The highest BCUT2D eigenvalue weighted by molar-refractivity contribution is 9.10. The van der Waals surface area contributed by atoms with Gasteiger partial charge in [-0.3, -0.25) is 0 Å². The molecule has 0 saturated carbocycles. The summed E-state index contributed by atoms with van der Waals surface area (Å²) in [6, 6.07) is 10.7. The Morgan fingerprint density at radius 3 is 2.70 bits per heavy atom. The molecule has 4 nitrogen and oxygen atoms in total. The maximum absolute atomic E-state index is 13.5. The van der Waals surface area contributed by atoms with Gasteiger partial charge in [0.25, 0.3) is 0 Å². The number of halogens is 3. The Morgan fingerprint density at radius 1 is 1.15 bits per heavy atom. The molecular formula is C19H16BrClFN3OS. The highest BCUT2D eigenvalue weighted by Gasteiger charge is 2.15. The molecule has 3 aromatic rings. The summed E-state index contributed by atoms with van der Waals surface area (Å²) in [6.45, 7) is 3.21. The van der Waals surface area contributed by atoms with E-state index in [1.54, 1.807) is 30.3 Å². The standard InChI is InChI=1S/C19H16BrClFN3OS/c20-14-9-12(2-4-16(14)22)17-11-23-19(24-17)13-1-3-15(21)18(10-13)27-25-5-7-26-8-6-25/h1-4,9-11H,5-8H2,(H,23,24). The van der Waals surface area contributed by atoms with E-state index < -0.39 is 0 Å². The summed E-state index contributed by atoms with van der Waals surface area (Å²) in [5, 5.41) is 0.712. The Bertz CT molecular complexity index is 962. The number of nitrogens with zero attached hydrogens (tertiary/aromatic N) is 2. The minimum Gasteiger partial charge on any atom is -0.379 e. The summed E-state index contributed by atoms with van der Waals surface area (Å²) >= 11 is 11.2. The first-order valence-corrected chi connectivity index (χ1v) is 10.4. The highest BCUT2D eigenvalue weighted by Crippen LogP contribution is 2.34. The lowest BCUT2D eigenvalue weighted by molar-refractivity contribution is 0.0773. The molecule has 2 aromatic carbocycles. The molecule has 4 rings (SSSR count). The van der Waals surface area contributed by atoms with Crippen LogP contribution in [0.3, 0.4) is 0 Å². The molecular weight excluding hydrogens is 453 g/mol. The molecule has 1 aliphatic rings. The average molecular weight is 469 g/mol. The van der Waals surface area contributed by atoms with E-state index in [1.165, 1.54) is 6.07 Å². The molecule has 1 saturated heterocycles. The van der Waals surface area contributed by atoms with Gasteiger partial charge in [0.2, 0.25) is 0 Å². The number of rotatable bonds is 4. The lowest BCUT2D eigenvalue weighted by atomic mass is 10.2. The molecule has 0 unspecified atom stereocenters. The third kappa shape index (κ3) is 4.38. The number of benzene rings is 2. The van der Waals surface area contributed by atoms with Gasteiger partial charge in [0.05, 0.1) is 34.6 Å². The van der Waals surface area contributed by atoms with Crippen LogP contribution in [0, 0.1) is 5.82 Å². The van der Waals surface area contributed by atoms with Crippen molar-refractivity contribution in [1.82, 2.24) is 14.3 Å². The van der Waals surface area contributed by atoms with Crippen molar-refractivity contribution in [3.8, 4) is 22.6 Å². The number of aromatic nitrogens is 2. The van der Waals surface area contributed by atoms with E-state index in [0.29, 0.717) is 9.50 Å². The maximum Gasteiger partial charge on any atom is 0.137 e. The van der Waals surface area contributed by atoms with Crippen LogP contribution in [-0.4, -0.2) is 40.6 Å². The van der Waals surface area contributed by atoms with Crippen LogP contribution in [0.25, 0.3) is 22.6 Å². The molecule has 0 radical (unpaired) electrons. The summed E-state index contributed by atoms with van der Waals surface area (Å²) in [6.07, 6.45) is 1.75. The van der Waals surface area contributed by atoms with Gasteiger partial charge in [-0.25, -0.2) is 13.7 Å². The molecule has 27 heavy (non-hydrogen) atoms. The number of ether oxygens (including phenoxy) is 1. The Labute approximate surface area is 174 Å². The van der Waals surface area contributed by atoms with Gasteiger partial charge in [0.15, 0.2) is 0 Å². The van der Waals surface area contributed by atoms with Crippen LogP contribution in [0.15, 0.2) is 52.0 Å². The van der Waals surface area contributed by atoms with Crippen LogP contribution in [0.1, 0.15) is 0 Å². The molecule has 1 N–H and O–H groups in total. The zero-order valence-corrected chi connectivity index (χ0v) is 17.4. The van der Waals surface area contributed by atoms with Gasteiger partial charge in [-0.15, -0.1) is 0 Å². The van der Waals surface area contributed by atoms with Crippen molar-refractivity contribution in [3.63, 3.8) is 0 Å². The van der Waals surface area contributed by atoms with Gasteiger partial charge in [-0.05, 0) is 64.3 Å². The lowest BCUT2D eigenvalue weighted by Gasteiger charge is -2.25. The second-order valence-electron chi connectivity index (χ2n) is 6.05. The predicted molar refractivity (Wildman–Crippen MR) is 110 cm³/mol. The van der Waals surface area contributed by atoms with Crippen molar-refractivity contribution < 1.29 is 9.13 Å². The molecule has 1 aromatic heterocycles. The number of imidazole rings is 1. The van der Waals surface area contributed by atoms with Crippen molar-refractivity contribution in [2.24, 2.45) is 0 Å². The zero-order chi connectivity index (χ0) is 18.8. The van der Waals surface area contributed by atoms with Crippen molar-refractivity contribution >= 4 is 39.5 Å². The van der Waals surface area contributed by atoms with E-state index in [0.717, 1.165) is 53.8 Å². The maximum atomic E-state index is 13.5. The minimum absolute atomic E-state index is 0.291. The minimum atomic E-state index is -0.291. The Morgan fingerprint density at radius 2 is 1.93 bits per heavy atom. The molecule has 0 bridgehead atoms. The summed E-state index contributed by atoms with van der Waals surface area (Å²) in [4.78, 5) is 8.77. The van der Waals surface area contributed by atoms with E-state index in [-0.39, 0.29) is 5.82 Å². The smallest absolute Gasteiger partial charge is 0.137 e.